The molecule has 2 aromatic rings. The molecular weight excluding hydrogens is 336 g/mol. The minimum absolute atomic E-state index is 0.0712. The fourth-order valence-electron chi connectivity index (χ4n) is 3.31. The van der Waals surface area contributed by atoms with Crippen molar-refractivity contribution >= 4 is 17.5 Å². The third-order valence-corrected chi connectivity index (χ3v) is 4.92. The quantitative estimate of drug-likeness (QED) is 0.816. The number of likely N-dealkylation sites (tertiary alicyclic amines) is 1. The van der Waals surface area contributed by atoms with Gasteiger partial charge in [0, 0.05) is 46.6 Å². The minimum Gasteiger partial charge on any atom is -0.383 e. The highest BCUT2D eigenvalue weighted by molar-refractivity contribution is 5.98. The van der Waals surface area contributed by atoms with Gasteiger partial charge in [0.1, 0.15) is 11.9 Å². The third kappa shape index (κ3) is 3.22. The molecule has 0 radical (unpaired) electrons. The second-order valence-electron chi connectivity index (χ2n) is 6.49. The smallest absolute Gasteiger partial charge is 0.230 e. The molecule has 9 heteroatoms. The van der Waals surface area contributed by atoms with E-state index in [2.05, 4.69) is 15.4 Å². The average Bonchev–Trinajstić information content (AvgIpc) is 3.26. The van der Waals surface area contributed by atoms with E-state index in [0.29, 0.717) is 24.7 Å². The first-order chi connectivity index (χ1) is 12.4. The van der Waals surface area contributed by atoms with Crippen LogP contribution in [0.25, 0.3) is 0 Å². The molecule has 0 unspecified atom stereocenters. The summed E-state index contributed by atoms with van der Waals surface area (Å²) in [6, 6.07) is -0.422. The first kappa shape index (κ1) is 18.1. The van der Waals surface area contributed by atoms with Gasteiger partial charge in [-0.25, -0.2) is 4.98 Å². The zero-order valence-electron chi connectivity index (χ0n) is 15.5. The molecule has 1 fully saturated rings. The van der Waals surface area contributed by atoms with Gasteiger partial charge in [0.15, 0.2) is 0 Å². The molecule has 140 valence electrons. The fraction of sp³-hybridized carbons (Fsp3) is 0.529. The molecule has 0 aromatic carbocycles. The summed E-state index contributed by atoms with van der Waals surface area (Å²) in [4.78, 5) is 31.6. The number of hydrogen-bond donors (Lipinski definition) is 1. The van der Waals surface area contributed by atoms with Crippen LogP contribution in [0.3, 0.4) is 0 Å². The van der Waals surface area contributed by atoms with Crippen LogP contribution >= 0.6 is 0 Å². The number of hydrogen-bond acceptors (Lipinski definition) is 5. The lowest BCUT2D eigenvalue weighted by atomic mass is 9.98. The zero-order chi connectivity index (χ0) is 18.8. The van der Waals surface area contributed by atoms with Crippen molar-refractivity contribution in [3.63, 3.8) is 0 Å². The predicted octanol–water partition coefficient (Wildman–Crippen LogP) is 0.637. The molecule has 2 atom stereocenters. The molecule has 3 rings (SSSR count). The number of ether oxygens (including phenoxy) is 1. The molecule has 1 N–H and O–H groups in total. The number of nitrogens with one attached hydrogen (secondary N) is 1. The highest BCUT2D eigenvalue weighted by Gasteiger charge is 2.46. The van der Waals surface area contributed by atoms with E-state index in [4.69, 9.17) is 4.74 Å². The summed E-state index contributed by atoms with van der Waals surface area (Å²) in [7, 11) is 5.26. The summed E-state index contributed by atoms with van der Waals surface area (Å²) in [6.07, 6.45) is 5.24. The number of nitrogens with zero attached hydrogens (tertiary/aromatic N) is 5. The molecular formula is C17H24N6O3. The number of anilines is 1. The van der Waals surface area contributed by atoms with E-state index in [0.717, 1.165) is 5.69 Å². The second kappa shape index (κ2) is 7.28. The number of carbonyl (C=O) groups excluding carboxylic acids is 2. The van der Waals surface area contributed by atoms with Crippen LogP contribution in [-0.4, -0.2) is 56.3 Å². The Balaban J connectivity index is 1.88. The van der Waals surface area contributed by atoms with Crippen molar-refractivity contribution < 1.29 is 14.3 Å². The molecule has 26 heavy (non-hydrogen) atoms. The van der Waals surface area contributed by atoms with Gasteiger partial charge in [-0.2, -0.15) is 5.10 Å². The van der Waals surface area contributed by atoms with Gasteiger partial charge < -0.3 is 19.5 Å². The van der Waals surface area contributed by atoms with E-state index < -0.39 is 12.0 Å². The molecule has 0 saturated carbocycles. The number of amides is 2. The van der Waals surface area contributed by atoms with E-state index in [-0.39, 0.29) is 18.2 Å². The summed E-state index contributed by atoms with van der Waals surface area (Å²) in [5.74, 6) is -0.115. The Hall–Kier alpha value is -2.68. The fourth-order valence-corrected chi connectivity index (χ4v) is 3.31. The number of carbonyl (C=O) groups is 2. The topological polar surface area (TPSA) is 94.3 Å². The Labute approximate surface area is 151 Å². The van der Waals surface area contributed by atoms with Crippen LogP contribution in [0.4, 0.5) is 5.69 Å². The molecule has 2 amide bonds. The van der Waals surface area contributed by atoms with E-state index >= 15 is 0 Å². The minimum atomic E-state index is -0.528. The monoisotopic (exact) mass is 360 g/mol. The van der Waals surface area contributed by atoms with Crippen LogP contribution in [0.1, 0.15) is 24.0 Å². The van der Waals surface area contributed by atoms with Crippen LogP contribution in [-0.2, 0) is 28.4 Å². The maximum absolute atomic E-state index is 13.0. The van der Waals surface area contributed by atoms with Crippen molar-refractivity contribution in [2.24, 2.45) is 20.0 Å². The summed E-state index contributed by atoms with van der Waals surface area (Å²) in [5.41, 5.74) is 1.51. The lowest BCUT2D eigenvalue weighted by Crippen LogP contribution is -2.36. The first-order valence-corrected chi connectivity index (χ1v) is 8.49. The Kier molecular flexibility index (Phi) is 5.08. The number of aryl methyl sites for hydroxylation is 2. The van der Waals surface area contributed by atoms with Crippen LogP contribution < -0.4 is 5.32 Å². The van der Waals surface area contributed by atoms with Crippen LogP contribution in [0.2, 0.25) is 0 Å². The van der Waals surface area contributed by atoms with Crippen LogP contribution in [0.5, 0.6) is 0 Å². The number of aromatic nitrogens is 4. The molecule has 1 aliphatic rings. The van der Waals surface area contributed by atoms with Gasteiger partial charge in [0.05, 0.1) is 30.1 Å². The Morgan fingerprint density at radius 2 is 2.19 bits per heavy atom. The van der Waals surface area contributed by atoms with E-state index in [1.807, 2.05) is 31.8 Å². The third-order valence-electron chi connectivity index (χ3n) is 4.92. The lowest BCUT2D eigenvalue weighted by molar-refractivity contribution is -0.129. The van der Waals surface area contributed by atoms with Crippen molar-refractivity contribution in [3.05, 3.63) is 30.1 Å². The van der Waals surface area contributed by atoms with Crippen molar-refractivity contribution in [1.29, 1.82) is 0 Å². The first-order valence-electron chi connectivity index (χ1n) is 8.49. The van der Waals surface area contributed by atoms with Crippen LogP contribution in [0.15, 0.2) is 18.6 Å². The summed E-state index contributed by atoms with van der Waals surface area (Å²) >= 11 is 0. The van der Waals surface area contributed by atoms with Gasteiger partial charge in [0.25, 0.3) is 0 Å². The van der Waals surface area contributed by atoms with Crippen molar-refractivity contribution in [2.45, 2.75) is 19.4 Å². The van der Waals surface area contributed by atoms with Crippen molar-refractivity contribution in [3.8, 4) is 0 Å². The maximum Gasteiger partial charge on any atom is 0.230 e. The summed E-state index contributed by atoms with van der Waals surface area (Å²) in [6.45, 7) is 2.70. The largest absolute Gasteiger partial charge is 0.383 e. The molecule has 2 aromatic heterocycles. The normalized spacial score (nSPS) is 20.0. The second-order valence-corrected chi connectivity index (χ2v) is 6.49. The van der Waals surface area contributed by atoms with Gasteiger partial charge in [-0.05, 0) is 6.92 Å². The van der Waals surface area contributed by atoms with Gasteiger partial charge in [-0.3, -0.25) is 14.3 Å². The highest BCUT2D eigenvalue weighted by Crippen LogP contribution is 2.38. The SMILES string of the molecule is COCCN1C(=O)C[C@H](C(=O)Nc2cnn(C)c2C)[C@H]1c1nccn1C. The predicted molar refractivity (Wildman–Crippen MR) is 94.2 cm³/mol. The molecule has 3 heterocycles. The molecule has 1 saturated heterocycles. The number of imidazole rings is 1. The molecule has 9 nitrogen and oxygen atoms in total. The van der Waals surface area contributed by atoms with Crippen molar-refractivity contribution in [2.75, 3.05) is 25.6 Å². The van der Waals surface area contributed by atoms with E-state index in [9.17, 15) is 9.59 Å². The highest BCUT2D eigenvalue weighted by atomic mass is 16.5. The van der Waals surface area contributed by atoms with Gasteiger partial charge in [0.2, 0.25) is 11.8 Å². The zero-order valence-corrected chi connectivity index (χ0v) is 15.5. The number of methoxy groups -OCH3 is 1. The Morgan fingerprint density at radius 1 is 1.42 bits per heavy atom. The summed E-state index contributed by atoms with van der Waals surface area (Å²) in [5, 5.41) is 7.05. The molecule has 1 aliphatic heterocycles. The van der Waals surface area contributed by atoms with E-state index in [1.54, 1.807) is 29.1 Å². The van der Waals surface area contributed by atoms with Gasteiger partial charge >= 0.3 is 0 Å². The molecule has 0 bridgehead atoms. The molecule has 0 spiro atoms. The van der Waals surface area contributed by atoms with Gasteiger partial charge in [-0.15, -0.1) is 0 Å². The Morgan fingerprint density at radius 3 is 2.77 bits per heavy atom. The standard InChI is InChI=1S/C17H24N6O3/c1-11-13(10-19-22(11)3)20-17(25)12-9-14(24)23(7-8-26-4)15(12)16-18-5-6-21(16)2/h5-6,10,12,15H,7-9H2,1-4H3,(H,20,25)/t12-,15-/m0/s1. The number of rotatable bonds is 6. The van der Waals surface area contributed by atoms with Gasteiger partial charge in [-0.1, -0.05) is 0 Å². The molecule has 0 aliphatic carbocycles. The summed E-state index contributed by atoms with van der Waals surface area (Å²) < 4.78 is 8.66. The Bertz CT molecular complexity index is 811. The van der Waals surface area contributed by atoms with E-state index in [1.165, 1.54) is 0 Å². The maximum atomic E-state index is 13.0. The van der Waals surface area contributed by atoms with Crippen molar-refractivity contribution in [1.82, 2.24) is 24.2 Å². The van der Waals surface area contributed by atoms with Crippen LogP contribution in [0, 0.1) is 12.8 Å². The average molecular weight is 360 g/mol. The lowest BCUT2D eigenvalue weighted by Gasteiger charge is -2.27.